The van der Waals surface area contributed by atoms with Crippen molar-refractivity contribution in [1.82, 2.24) is 15.2 Å². The van der Waals surface area contributed by atoms with Crippen LogP contribution in [0.5, 0.6) is 0 Å². The van der Waals surface area contributed by atoms with E-state index in [1.807, 2.05) is 25.1 Å². The number of H-pyrrole nitrogens is 1. The summed E-state index contributed by atoms with van der Waals surface area (Å²) in [4.78, 5) is 4.37. The van der Waals surface area contributed by atoms with Crippen molar-refractivity contribution < 1.29 is 0 Å². The first kappa shape index (κ1) is 10.8. The van der Waals surface area contributed by atoms with E-state index in [1.165, 1.54) is 0 Å². The van der Waals surface area contributed by atoms with Crippen LogP contribution in [0.2, 0.25) is 0 Å². The maximum absolute atomic E-state index is 4.37. The summed E-state index contributed by atoms with van der Waals surface area (Å²) in [7, 11) is 0. The van der Waals surface area contributed by atoms with Crippen molar-refractivity contribution in [3.8, 4) is 11.4 Å². The molecule has 0 saturated heterocycles. The smallest absolute Gasteiger partial charge is 0.181 e. The topological polar surface area (TPSA) is 41.6 Å². The number of rotatable bonds is 2. The summed E-state index contributed by atoms with van der Waals surface area (Å²) in [6, 6.07) is 5.97. The van der Waals surface area contributed by atoms with E-state index in [4.69, 9.17) is 0 Å². The van der Waals surface area contributed by atoms with Crippen LogP contribution in [0.1, 0.15) is 12.7 Å². The van der Waals surface area contributed by atoms with E-state index in [1.54, 1.807) is 0 Å². The molecule has 0 atom stereocenters. The average molecular weight is 331 g/mol. The molecule has 0 fully saturated rings. The molecule has 1 heterocycles. The molecule has 2 rings (SSSR count). The highest BCUT2D eigenvalue weighted by molar-refractivity contribution is 9.11. The van der Waals surface area contributed by atoms with Gasteiger partial charge in [-0.25, -0.2) is 4.98 Å². The van der Waals surface area contributed by atoms with Crippen LogP contribution in [0, 0.1) is 0 Å². The number of nitrogens with zero attached hydrogens (tertiary/aromatic N) is 2. The lowest BCUT2D eigenvalue weighted by molar-refractivity contribution is 0.946. The average Bonchev–Trinajstić information content (AvgIpc) is 2.64. The Kier molecular flexibility index (Phi) is 3.21. The number of nitrogens with one attached hydrogen (secondary N) is 1. The zero-order valence-corrected chi connectivity index (χ0v) is 11.3. The summed E-state index contributed by atoms with van der Waals surface area (Å²) < 4.78 is 2.02. The van der Waals surface area contributed by atoms with Gasteiger partial charge in [0.1, 0.15) is 5.82 Å². The van der Waals surface area contributed by atoms with Gasteiger partial charge < -0.3 is 0 Å². The van der Waals surface area contributed by atoms with Crippen LogP contribution in [-0.2, 0) is 6.42 Å². The zero-order chi connectivity index (χ0) is 10.8. The molecular weight excluding hydrogens is 322 g/mol. The quantitative estimate of drug-likeness (QED) is 0.914. The predicted molar refractivity (Wildman–Crippen MR) is 66.6 cm³/mol. The van der Waals surface area contributed by atoms with Crippen LogP contribution < -0.4 is 0 Å². The van der Waals surface area contributed by atoms with Crippen molar-refractivity contribution in [3.63, 3.8) is 0 Å². The minimum atomic E-state index is 0.730. The summed E-state index contributed by atoms with van der Waals surface area (Å²) in [5.74, 6) is 1.63. The van der Waals surface area contributed by atoms with E-state index in [0.717, 1.165) is 32.6 Å². The molecule has 15 heavy (non-hydrogen) atoms. The largest absolute Gasteiger partial charge is 0.263 e. The first-order valence-corrected chi connectivity index (χ1v) is 6.15. The number of hydrogen-bond acceptors (Lipinski definition) is 2. The van der Waals surface area contributed by atoms with Gasteiger partial charge in [0, 0.05) is 20.9 Å². The van der Waals surface area contributed by atoms with Crippen LogP contribution >= 0.6 is 31.9 Å². The minimum Gasteiger partial charge on any atom is -0.263 e. The van der Waals surface area contributed by atoms with Gasteiger partial charge in [0.05, 0.1) is 0 Å². The summed E-state index contributed by atoms with van der Waals surface area (Å²) in [5, 5.41) is 7.06. The summed E-state index contributed by atoms with van der Waals surface area (Å²) in [6.07, 6.45) is 0.863. The first-order chi connectivity index (χ1) is 7.19. The molecule has 0 aliphatic heterocycles. The summed E-state index contributed by atoms with van der Waals surface area (Å²) in [6.45, 7) is 2.04. The van der Waals surface area contributed by atoms with E-state index in [9.17, 15) is 0 Å². The fraction of sp³-hybridized carbons (Fsp3) is 0.200. The molecule has 0 radical (unpaired) electrons. The van der Waals surface area contributed by atoms with Crippen LogP contribution in [-0.4, -0.2) is 15.2 Å². The molecule has 0 aliphatic carbocycles. The number of benzene rings is 1. The third-order valence-corrected chi connectivity index (χ3v) is 2.90. The molecule has 2 aromatic rings. The third-order valence-electron chi connectivity index (χ3n) is 1.99. The molecule has 0 aliphatic rings. The third kappa shape index (κ3) is 2.46. The Morgan fingerprint density at radius 2 is 1.87 bits per heavy atom. The van der Waals surface area contributed by atoms with E-state index in [2.05, 4.69) is 47.0 Å². The first-order valence-electron chi connectivity index (χ1n) is 4.57. The standard InChI is InChI=1S/C10H9Br2N3/c1-2-9-13-10(15-14-9)6-3-7(11)5-8(12)4-6/h3-5H,2H2,1H3,(H,13,14,15). The van der Waals surface area contributed by atoms with Crippen molar-refractivity contribution >= 4 is 31.9 Å². The van der Waals surface area contributed by atoms with E-state index < -0.39 is 0 Å². The van der Waals surface area contributed by atoms with Gasteiger partial charge in [-0.3, -0.25) is 5.10 Å². The Labute approximate surface area is 105 Å². The molecule has 0 bridgehead atoms. The summed E-state index contributed by atoms with van der Waals surface area (Å²) in [5.41, 5.74) is 0.993. The SMILES string of the molecule is CCc1nc(-c2cc(Br)cc(Br)c2)n[nH]1. The van der Waals surface area contributed by atoms with E-state index in [-0.39, 0.29) is 0 Å². The molecule has 1 N–H and O–H groups in total. The molecule has 1 aromatic heterocycles. The number of hydrogen-bond donors (Lipinski definition) is 1. The molecule has 3 nitrogen and oxygen atoms in total. The predicted octanol–water partition coefficient (Wildman–Crippen LogP) is 3.56. The van der Waals surface area contributed by atoms with Crippen molar-refractivity contribution in [2.75, 3.05) is 0 Å². The van der Waals surface area contributed by atoms with Gasteiger partial charge in [-0.05, 0) is 18.2 Å². The second-order valence-corrected chi connectivity index (χ2v) is 4.95. The fourth-order valence-corrected chi connectivity index (χ4v) is 2.56. The zero-order valence-electron chi connectivity index (χ0n) is 8.09. The van der Waals surface area contributed by atoms with Gasteiger partial charge in [0.2, 0.25) is 0 Å². The Morgan fingerprint density at radius 1 is 1.20 bits per heavy atom. The molecular formula is C10H9Br2N3. The van der Waals surface area contributed by atoms with Gasteiger partial charge in [-0.2, -0.15) is 5.10 Å². The highest BCUT2D eigenvalue weighted by Gasteiger charge is 2.06. The maximum Gasteiger partial charge on any atom is 0.181 e. The van der Waals surface area contributed by atoms with E-state index >= 15 is 0 Å². The van der Waals surface area contributed by atoms with Gasteiger partial charge in [0.15, 0.2) is 5.82 Å². The normalized spacial score (nSPS) is 10.6. The Hall–Kier alpha value is -0.680. The molecule has 0 amide bonds. The fourth-order valence-electron chi connectivity index (χ4n) is 1.27. The van der Waals surface area contributed by atoms with Crippen LogP contribution in [0.25, 0.3) is 11.4 Å². The highest BCUT2D eigenvalue weighted by atomic mass is 79.9. The molecule has 78 valence electrons. The lowest BCUT2D eigenvalue weighted by atomic mass is 10.2. The van der Waals surface area contributed by atoms with Crippen molar-refractivity contribution in [3.05, 3.63) is 33.0 Å². The van der Waals surface area contributed by atoms with Gasteiger partial charge >= 0.3 is 0 Å². The number of aromatic amines is 1. The number of halogens is 2. The van der Waals surface area contributed by atoms with Gasteiger partial charge in [-0.1, -0.05) is 38.8 Å². The molecule has 1 aromatic carbocycles. The van der Waals surface area contributed by atoms with Gasteiger partial charge in [-0.15, -0.1) is 0 Å². The van der Waals surface area contributed by atoms with Crippen molar-refractivity contribution in [1.29, 1.82) is 0 Å². The summed E-state index contributed by atoms with van der Waals surface area (Å²) >= 11 is 6.88. The minimum absolute atomic E-state index is 0.730. The lowest BCUT2D eigenvalue weighted by Crippen LogP contribution is -1.83. The monoisotopic (exact) mass is 329 g/mol. The second kappa shape index (κ2) is 4.45. The molecule has 0 spiro atoms. The molecule has 0 saturated carbocycles. The van der Waals surface area contributed by atoms with E-state index in [0.29, 0.717) is 0 Å². The van der Waals surface area contributed by atoms with Crippen LogP contribution in [0.3, 0.4) is 0 Å². The van der Waals surface area contributed by atoms with Crippen LogP contribution in [0.4, 0.5) is 0 Å². The molecule has 5 heteroatoms. The van der Waals surface area contributed by atoms with Gasteiger partial charge in [0.25, 0.3) is 0 Å². The van der Waals surface area contributed by atoms with Crippen molar-refractivity contribution in [2.24, 2.45) is 0 Å². The number of aromatic nitrogens is 3. The van der Waals surface area contributed by atoms with Crippen LogP contribution in [0.15, 0.2) is 27.1 Å². The Morgan fingerprint density at radius 3 is 2.40 bits per heavy atom. The van der Waals surface area contributed by atoms with Crippen molar-refractivity contribution in [2.45, 2.75) is 13.3 Å². The number of aryl methyl sites for hydroxylation is 1. The molecule has 0 unspecified atom stereocenters. The Balaban J connectivity index is 2.44. The highest BCUT2D eigenvalue weighted by Crippen LogP contribution is 2.25. The lowest BCUT2D eigenvalue weighted by Gasteiger charge is -1.98. The maximum atomic E-state index is 4.37. The Bertz CT molecular complexity index is 459. The second-order valence-electron chi connectivity index (χ2n) is 3.12.